The number of fused-ring (bicyclic) bond motifs is 1. The fraction of sp³-hybridized carbons (Fsp3) is 0.455. The summed E-state index contributed by atoms with van der Waals surface area (Å²) in [4.78, 5) is 0. The molecule has 3 heteroatoms. The van der Waals surface area contributed by atoms with Gasteiger partial charge in [0.2, 0.25) is 0 Å². The Morgan fingerprint density at radius 3 is 2.93 bits per heavy atom. The van der Waals surface area contributed by atoms with E-state index in [9.17, 15) is 8.78 Å². The van der Waals surface area contributed by atoms with Crippen molar-refractivity contribution in [1.29, 1.82) is 0 Å². The maximum Gasteiger partial charge on any atom is 0.387 e. The van der Waals surface area contributed by atoms with Crippen molar-refractivity contribution in [2.24, 2.45) is 0 Å². The van der Waals surface area contributed by atoms with E-state index in [0.29, 0.717) is 5.92 Å². The second kappa shape index (κ2) is 3.56. The second-order valence-corrected chi connectivity index (χ2v) is 3.68. The molecule has 2 rings (SSSR count). The lowest BCUT2D eigenvalue weighted by molar-refractivity contribution is -0.0498. The van der Waals surface area contributed by atoms with Crippen LogP contribution in [0.3, 0.4) is 0 Å². The lowest BCUT2D eigenvalue weighted by Gasteiger charge is -2.07. The van der Waals surface area contributed by atoms with Crippen LogP contribution in [0.4, 0.5) is 8.78 Å². The SMILES string of the molecule is CC1CCc2cc(OC(F)F)ccc21. The summed E-state index contributed by atoms with van der Waals surface area (Å²) in [5.74, 6) is 0.818. The topological polar surface area (TPSA) is 9.23 Å². The third-order valence-electron chi connectivity index (χ3n) is 2.72. The molecule has 0 amide bonds. The van der Waals surface area contributed by atoms with E-state index < -0.39 is 6.61 Å². The summed E-state index contributed by atoms with van der Waals surface area (Å²) in [5.41, 5.74) is 2.42. The van der Waals surface area contributed by atoms with Crippen molar-refractivity contribution < 1.29 is 13.5 Å². The predicted octanol–water partition coefficient (Wildman–Crippen LogP) is 3.34. The normalized spacial score (nSPS) is 19.9. The van der Waals surface area contributed by atoms with Crippen LogP contribution in [0.25, 0.3) is 0 Å². The lowest BCUT2D eigenvalue weighted by Crippen LogP contribution is -2.02. The van der Waals surface area contributed by atoms with Gasteiger partial charge in [0.05, 0.1) is 0 Å². The second-order valence-electron chi connectivity index (χ2n) is 3.68. The number of aryl methyl sites for hydroxylation is 1. The van der Waals surface area contributed by atoms with Gasteiger partial charge in [0.1, 0.15) is 5.75 Å². The van der Waals surface area contributed by atoms with Gasteiger partial charge < -0.3 is 4.74 Å². The quantitative estimate of drug-likeness (QED) is 0.708. The van der Waals surface area contributed by atoms with Crippen molar-refractivity contribution in [1.82, 2.24) is 0 Å². The first-order valence-electron chi connectivity index (χ1n) is 4.74. The number of hydrogen-bond acceptors (Lipinski definition) is 1. The highest BCUT2D eigenvalue weighted by atomic mass is 19.3. The van der Waals surface area contributed by atoms with E-state index in [1.807, 2.05) is 6.07 Å². The number of benzene rings is 1. The zero-order valence-electron chi connectivity index (χ0n) is 7.97. The Morgan fingerprint density at radius 1 is 1.43 bits per heavy atom. The van der Waals surface area contributed by atoms with Crippen molar-refractivity contribution in [3.8, 4) is 5.75 Å². The Labute approximate surface area is 81.7 Å². The molecule has 0 saturated heterocycles. The Hall–Kier alpha value is -1.12. The van der Waals surface area contributed by atoms with E-state index in [1.165, 1.54) is 5.56 Å². The van der Waals surface area contributed by atoms with Crippen LogP contribution in [0.5, 0.6) is 5.75 Å². The average Bonchev–Trinajstić information content (AvgIpc) is 2.46. The van der Waals surface area contributed by atoms with Gasteiger partial charge in [-0.1, -0.05) is 13.0 Å². The molecule has 0 aromatic heterocycles. The Morgan fingerprint density at radius 2 is 2.21 bits per heavy atom. The molecule has 1 aliphatic carbocycles. The molecule has 0 fully saturated rings. The highest BCUT2D eigenvalue weighted by Gasteiger charge is 2.19. The molecule has 0 bridgehead atoms. The van der Waals surface area contributed by atoms with E-state index >= 15 is 0 Å². The van der Waals surface area contributed by atoms with Gasteiger partial charge >= 0.3 is 6.61 Å². The highest BCUT2D eigenvalue weighted by molar-refractivity contribution is 5.40. The van der Waals surface area contributed by atoms with Gasteiger partial charge in [-0.05, 0) is 42.0 Å². The van der Waals surface area contributed by atoms with E-state index in [1.54, 1.807) is 12.1 Å². The molecule has 76 valence electrons. The van der Waals surface area contributed by atoms with Gasteiger partial charge in [0.25, 0.3) is 0 Å². The minimum absolute atomic E-state index is 0.271. The minimum atomic E-state index is -2.73. The molecule has 14 heavy (non-hydrogen) atoms. The summed E-state index contributed by atoms with van der Waals surface area (Å²) in [6.07, 6.45) is 2.07. The van der Waals surface area contributed by atoms with Crippen molar-refractivity contribution in [2.75, 3.05) is 0 Å². The maximum atomic E-state index is 11.9. The molecule has 0 radical (unpaired) electrons. The number of rotatable bonds is 2. The Balaban J connectivity index is 2.24. The monoisotopic (exact) mass is 198 g/mol. The van der Waals surface area contributed by atoms with E-state index in [-0.39, 0.29) is 5.75 Å². The summed E-state index contributed by atoms with van der Waals surface area (Å²) in [7, 11) is 0. The van der Waals surface area contributed by atoms with Crippen LogP contribution >= 0.6 is 0 Å². The Kier molecular flexibility index (Phi) is 2.40. The summed E-state index contributed by atoms with van der Waals surface area (Å²) in [6.45, 7) is -0.577. The average molecular weight is 198 g/mol. The summed E-state index contributed by atoms with van der Waals surface area (Å²) in [6, 6.07) is 5.24. The molecule has 1 aromatic rings. The molecule has 0 spiro atoms. The molecule has 1 unspecified atom stereocenters. The van der Waals surface area contributed by atoms with Crippen LogP contribution in [-0.2, 0) is 6.42 Å². The predicted molar refractivity (Wildman–Crippen MR) is 49.8 cm³/mol. The molecule has 0 aliphatic heterocycles. The van der Waals surface area contributed by atoms with Crippen molar-refractivity contribution in [3.63, 3.8) is 0 Å². The molecule has 1 aromatic carbocycles. The zero-order chi connectivity index (χ0) is 10.1. The highest BCUT2D eigenvalue weighted by Crippen LogP contribution is 2.34. The van der Waals surface area contributed by atoms with Gasteiger partial charge in [0.15, 0.2) is 0 Å². The molecule has 0 saturated carbocycles. The number of ether oxygens (including phenoxy) is 1. The number of alkyl halides is 2. The van der Waals surface area contributed by atoms with Gasteiger partial charge in [-0.3, -0.25) is 0 Å². The number of halogens is 2. The standard InChI is InChI=1S/C11H12F2O/c1-7-2-3-8-6-9(14-11(12)13)4-5-10(7)8/h4-7,11H,2-3H2,1H3. The first-order valence-corrected chi connectivity index (χ1v) is 4.74. The van der Waals surface area contributed by atoms with E-state index in [0.717, 1.165) is 18.4 Å². The fourth-order valence-electron chi connectivity index (χ4n) is 1.98. The van der Waals surface area contributed by atoms with Crippen molar-refractivity contribution >= 4 is 0 Å². The lowest BCUT2D eigenvalue weighted by atomic mass is 10.0. The van der Waals surface area contributed by atoms with Crippen LogP contribution < -0.4 is 4.74 Å². The van der Waals surface area contributed by atoms with Crippen molar-refractivity contribution in [3.05, 3.63) is 29.3 Å². The Bertz CT molecular complexity index is 336. The van der Waals surface area contributed by atoms with Crippen molar-refractivity contribution in [2.45, 2.75) is 32.3 Å². The smallest absolute Gasteiger partial charge is 0.387 e. The molecule has 0 heterocycles. The van der Waals surface area contributed by atoms with Crippen LogP contribution in [-0.4, -0.2) is 6.61 Å². The maximum absolute atomic E-state index is 11.9. The van der Waals surface area contributed by atoms with Gasteiger partial charge in [-0.25, -0.2) is 0 Å². The third kappa shape index (κ3) is 1.72. The van der Waals surface area contributed by atoms with Gasteiger partial charge in [-0.2, -0.15) is 8.78 Å². The fourth-order valence-corrected chi connectivity index (χ4v) is 1.98. The third-order valence-corrected chi connectivity index (χ3v) is 2.72. The van der Waals surface area contributed by atoms with E-state index in [2.05, 4.69) is 11.7 Å². The van der Waals surface area contributed by atoms with Crippen LogP contribution in [0.1, 0.15) is 30.4 Å². The summed E-state index contributed by atoms with van der Waals surface area (Å²) in [5, 5.41) is 0. The molecular formula is C11H12F2O. The van der Waals surface area contributed by atoms with Crippen LogP contribution in [0.15, 0.2) is 18.2 Å². The largest absolute Gasteiger partial charge is 0.435 e. The van der Waals surface area contributed by atoms with Crippen LogP contribution in [0, 0.1) is 0 Å². The molecule has 1 nitrogen and oxygen atoms in total. The van der Waals surface area contributed by atoms with Gasteiger partial charge in [0, 0.05) is 0 Å². The van der Waals surface area contributed by atoms with E-state index in [4.69, 9.17) is 0 Å². The summed E-state index contributed by atoms with van der Waals surface area (Å²) < 4.78 is 28.2. The first kappa shape index (κ1) is 9.44. The molecule has 1 aliphatic rings. The minimum Gasteiger partial charge on any atom is -0.435 e. The molecule has 1 atom stereocenters. The van der Waals surface area contributed by atoms with Crippen LogP contribution in [0.2, 0.25) is 0 Å². The van der Waals surface area contributed by atoms with Gasteiger partial charge in [-0.15, -0.1) is 0 Å². The number of hydrogen-bond donors (Lipinski definition) is 0. The summed E-state index contributed by atoms with van der Waals surface area (Å²) >= 11 is 0. The molecular weight excluding hydrogens is 186 g/mol. The molecule has 0 N–H and O–H groups in total. The zero-order valence-corrected chi connectivity index (χ0v) is 7.97. The first-order chi connectivity index (χ1) is 6.66.